The van der Waals surface area contributed by atoms with Crippen LogP contribution in [-0.4, -0.2) is 46.6 Å². The van der Waals surface area contributed by atoms with Crippen LogP contribution in [0.3, 0.4) is 0 Å². The number of methoxy groups -OCH3 is 2. The molecule has 0 saturated heterocycles. The average molecular weight is 405 g/mol. The molecule has 0 unspecified atom stereocenters. The number of aryl methyl sites for hydroxylation is 1. The quantitative estimate of drug-likeness (QED) is 0.312. The first-order chi connectivity index (χ1) is 13.3. The number of carbonyl (C=O) groups excluding carboxylic acids is 2. The van der Waals surface area contributed by atoms with E-state index in [1.54, 1.807) is 30.3 Å². The van der Waals surface area contributed by atoms with E-state index in [4.69, 9.17) is 4.74 Å². The lowest BCUT2D eigenvalue weighted by Gasteiger charge is -2.16. The largest absolute Gasteiger partial charge is 0.466 e. The van der Waals surface area contributed by atoms with Crippen LogP contribution in [0.25, 0.3) is 0 Å². The molecule has 0 saturated carbocycles. The summed E-state index contributed by atoms with van der Waals surface area (Å²) in [6, 6.07) is 14.0. The minimum absolute atomic E-state index is 0.0668. The van der Waals surface area contributed by atoms with Crippen LogP contribution in [0.2, 0.25) is 0 Å². The molecule has 0 N–H and O–H groups in total. The van der Waals surface area contributed by atoms with E-state index in [0.29, 0.717) is 0 Å². The third kappa shape index (κ3) is 5.17. The van der Waals surface area contributed by atoms with Gasteiger partial charge in [0.15, 0.2) is 0 Å². The predicted octanol–water partition coefficient (Wildman–Crippen LogP) is 1.86. The molecule has 148 valence electrons. The molecule has 0 aromatic heterocycles. The van der Waals surface area contributed by atoms with Crippen molar-refractivity contribution < 1.29 is 32.2 Å². The molecular formula is C19H19NO7S. The Morgan fingerprint density at radius 2 is 1.43 bits per heavy atom. The summed E-state index contributed by atoms with van der Waals surface area (Å²) in [5.74, 6) is -2.55. The molecule has 0 aliphatic carbocycles. The Kier molecular flexibility index (Phi) is 6.89. The van der Waals surface area contributed by atoms with Crippen LogP contribution in [0, 0.1) is 6.92 Å². The van der Waals surface area contributed by atoms with Crippen molar-refractivity contribution in [3.63, 3.8) is 0 Å². The normalized spacial score (nSPS) is 11.8. The number of rotatable bonds is 6. The zero-order valence-corrected chi connectivity index (χ0v) is 16.3. The Morgan fingerprint density at radius 3 is 1.93 bits per heavy atom. The molecule has 9 heteroatoms. The molecule has 0 bridgehead atoms. The molecular weight excluding hydrogens is 386 g/mol. The van der Waals surface area contributed by atoms with Crippen LogP contribution in [0.5, 0.6) is 0 Å². The summed E-state index contributed by atoms with van der Waals surface area (Å²) in [6.07, 6.45) is -1.83. The Balaban J connectivity index is 2.53. The minimum atomic E-state index is -4.18. The van der Waals surface area contributed by atoms with Gasteiger partial charge in [-0.05, 0) is 31.2 Å². The lowest BCUT2D eigenvalue weighted by atomic mass is 10.2. The summed E-state index contributed by atoms with van der Waals surface area (Å²) in [5, 5.41) is 0. The highest BCUT2D eigenvalue weighted by atomic mass is 32.2. The molecule has 2 rings (SSSR count). The number of hydrogen-bond acceptors (Lipinski definition) is 7. The molecule has 0 atom stereocenters. The smallest absolute Gasteiger partial charge is 0.359 e. The van der Waals surface area contributed by atoms with Crippen molar-refractivity contribution in [1.29, 1.82) is 0 Å². The van der Waals surface area contributed by atoms with Gasteiger partial charge in [0.2, 0.25) is 5.90 Å². The van der Waals surface area contributed by atoms with Gasteiger partial charge in [-0.3, -0.25) is 0 Å². The average Bonchev–Trinajstić information content (AvgIpc) is 2.70. The van der Waals surface area contributed by atoms with E-state index in [1.165, 1.54) is 24.3 Å². The Hall–Kier alpha value is -3.20. The van der Waals surface area contributed by atoms with Gasteiger partial charge in [0, 0.05) is 5.56 Å². The zero-order chi connectivity index (χ0) is 20.7. The van der Waals surface area contributed by atoms with Gasteiger partial charge in [-0.1, -0.05) is 35.9 Å². The lowest BCUT2D eigenvalue weighted by Crippen LogP contribution is -2.37. The highest BCUT2D eigenvalue weighted by Gasteiger charge is 2.33. The number of carbonyl (C=O) groups is 2. The van der Waals surface area contributed by atoms with Crippen molar-refractivity contribution in [2.75, 3.05) is 14.2 Å². The number of esters is 2. The van der Waals surface area contributed by atoms with Gasteiger partial charge < -0.3 is 14.2 Å². The molecule has 8 nitrogen and oxygen atoms in total. The molecule has 0 amide bonds. The van der Waals surface area contributed by atoms with Crippen molar-refractivity contribution in [1.82, 2.24) is 0 Å². The molecule has 0 aliphatic heterocycles. The molecule has 0 heterocycles. The highest BCUT2D eigenvalue weighted by Crippen LogP contribution is 2.17. The Bertz CT molecular complexity index is 951. The van der Waals surface area contributed by atoms with Gasteiger partial charge in [0.05, 0.1) is 19.1 Å². The van der Waals surface area contributed by atoms with Crippen LogP contribution >= 0.6 is 0 Å². The second kappa shape index (κ2) is 9.14. The third-order valence-corrected chi connectivity index (χ3v) is 4.88. The predicted molar refractivity (Wildman–Crippen MR) is 100 cm³/mol. The molecule has 2 aromatic carbocycles. The fourth-order valence-electron chi connectivity index (χ4n) is 2.11. The monoisotopic (exact) mass is 405 g/mol. The van der Waals surface area contributed by atoms with Crippen molar-refractivity contribution in [3.8, 4) is 0 Å². The lowest BCUT2D eigenvalue weighted by molar-refractivity contribution is -0.164. The summed E-state index contributed by atoms with van der Waals surface area (Å²) in [5.41, 5.74) is 1.12. The SMILES string of the molecule is COC(=O)C(O/C(=N\S(=O)(=O)c1ccc(C)cc1)c1ccccc1)C(=O)OC. The van der Waals surface area contributed by atoms with E-state index in [0.717, 1.165) is 19.8 Å². The first-order valence-corrected chi connectivity index (χ1v) is 9.52. The molecule has 2 aromatic rings. The van der Waals surface area contributed by atoms with Gasteiger partial charge in [0.25, 0.3) is 16.1 Å². The van der Waals surface area contributed by atoms with Crippen LogP contribution < -0.4 is 0 Å². The van der Waals surface area contributed by atoms with E-state index in [1.807, 2.05) is 6.92 Å². The number of benzene rings is 2. The molecule has 0 fully saturated rings. The van der Waals surface area contributed by atoms with Crippen molar-refractivity contribution in [2.24, 2.45) is 4.40 Å². The van der Waals surface area contributed by atoms with Crippen LogP contribution in [-0.2, 0) is 33.8 Å². The maximum atomic E-state index is 12.7. The standard InChI is InChI=1S/C19H19NO7S/c1-13-9-11-15(12-10-13)28(23,24)20-17(14-7-5-4-6-8-14)27-16(18(21)25-2)19(22)26-3/h4-12,16H,1-3H3/b20-17-. The van der Waals surface area contributed by atoms with E-state index >= 15 is 0 Å². The molecule has 0 radical (unpaired) electrons. The number of nitrogens with zero attached hydrogens (tertiary/aromatic N) is 1. The second-order valence-corrected chi connectivity index (χ2v) is 7.20. The number of hydrogen-bond donors (Lipinski definition) is 0. The number of sulfonamides is 1. The van der Waals surface area contributed by atoms with Gasteiger partial charge in [-0.2, -0.15) is 8.42 Å². The van der Waals surface area contributed by atoms with Crippen molar-refractivity contribution in [2.45, 2.75) is 17.9 Å². The van der Waals surface area contributed by atoms with Crippen molar-refractivity contribution >= 4 is 27.9 Å². The zero-order valence-electron chi connectivity index (χ0n) is 15.5. The van der Waals surface area contributed by atoms with Crippen molar-refractivity contribution in [3.05, 3.63) is 65.7 Å². The minimum Gasteiger partial charge on any atom is -0.466 e. The van der Waals surface area contributed by atoms with Crippen LogP contribution in [0.1, 0.15) is 11.1 Å². The molecule has 28 heavy (non-hydrogen) atoms. The summed E-state index contributed by atoms with van der Waals surface area (Å²) in [7, 11) is -2.06. The molecule has 0 aliphatic rings. The van der Waals surface area contributed by atoms with Crippen LogP contribution in [0.15, 0.2) is 63.9 Å². The van der Waals surface area contributed by atoms with Gasteiger partial charge in [0.1, 0.15) is 0 Å². The third-order valence-electron chi connectivity index (χ3n) is 3.60. The Morgan fingerprint density at radius 1 is 0.893 bits per heavy atom. The summed E-state index contributed by atoms with van der Waals surface area (Å²) in [6.45, 7) is 1.81. The first kappa shape index (κ1) is 21.1. The maximum absolute atomic E-state index is 12.7. The van der Waals surface area contributed by atoms with Gasteiger partial charge in [-0.25, -0.2) is 9.59 Å². The van der Waals surface area contributed by atoms with E-state index in [-0.39, 0.29) is 10.5 Å². The fraction of sp³-hybridized carbons (Fsp3) is 0.211. The second-order valence-electron chi connectivity index (χ2n) is 5.59. The van der Waals surface area contributed by atoms with E-state index < -0.39 is 34.0 Å². The van der Waals surface area contributed by atoms with E-state index in [9.17, 15) is 18.0 Å². The van der Waals surface area contributed by atoms with E-state index in [2.05, 4.69) is 13.9 Å². The summed E-state index contributed by atoms with van der Waals surface area (Å²) >= 11 is 0. The van der Waals surface area contributed by atoms with Gasteiger partial charge in [-0.15, -0.1) is 4.40 Å². The topological polar surface area (TPSA) is 108 Å². The van der Waals surface area contributed by atoms with Crippen LogP contribution in [0.4, 0.5) is 0 Å². The fourth-order valence-corrected chi connectivity index (χ4v) is 3.07. The number of ether oxygens (including phenoxy) is 3. The summed E-state index contributed by atoms with van der Waals surface area (Å²) in [4.78, 5) is 23.7. The highest BCUT2D eigenvalue weighted by molar-refractivity contribution is 7.90. The maximum Gasteiger partial charge on any atom is 0.359 e. The Labute approximate surface area is 162 Å². The molecule has 0 spiro atoms. The van der Waals surface area contributed by atoms with Gasteiger partial charge >= 0.3 is 11.9 Å². The first-order valence-electron chi connectivity index (χ1n) is 8.08. The summed E-state index contributed by atoms with van der Waals surface area (Å²) < 4.78 is 43.5.